The van der Waals surface area contributed by atoms with Gasteiger partial charge in [0.05, 0.1) is 11.4 Å². The number of nitrogens with one attached hydrogen (secondary N) is 1. The van der Waals surface area contributed by atoms with Gasteiger partial charge in [-0.15, -0.1) is 0 Å². The smallest absolute Gasteiger partial charge is 0.150 e. The normalized spacial score (nSPS) is 37.9. The third-order valence-electron chi connectivity index (χ3n) is 2.98. The average Bonchev–Trinajstić information content (AvgIpc) is 2.08. The summed E-state index contributed by atoms with van der Waals surface area (Å²) in [7, 11) is -3.15. The van der Waals surface area contributed by atoms with Crippen LogP contribution in [0.4, 0.5) is 0 Å². The average molecular weight is 258 g/mol. The van der Waals surface area contributed by atoms with Gasteiger partial charge in [0.25, 0.3) is 0 Å². The molecule has 0 aromatic carbocycles. The zero-order valence-corrected chi connectivity index (χ0v) is 10.1. The first-order valence-electron chi connectivity index (χ1n) is 4.72. The molecule has 0 heterocycles. The second-order valence-electron chi connectivity index (χ2n) is 4.16. The van der Waals surface area contributed by atoms with Crippen LogP contribution in [-0.2, 0) is 9.84 Å². The van der Waals surface area contributed by atoms with Crippen LogP contribution in [0.15, 0.2) is 0 Å². The van der Waals surface area contributed by atoms with Gasteiger partial charge >= 0.3 is 0 Å². The lowest BCUT2D eigenvalue weighted by molar-refractivity contribution is -0.0935. The SMILES string of the molecule is CS(=O)(=O)[C@H]1CC[C@](O)(CNCl)[C@@H](O)C1. The zero-order chi connectivity index (χ0) is 11.7. The Kier molecular flexibility index (Phi) is 4.00. The molecule has 0 spiro atoms. The van der Waals surface area contributed by atoms with Crippen molar-refractivity contribution in [2.24, 2.45) is 0 Å². The lowest BCUT2D eigenvalue weighted by atomic mass is 9.82. The van der Waals surface area contributed by atoms with Crippen LogP contribution < -0.4 is 4.84 Å². The minimum atomic E-state index is -3.15. The van der Waals surface area contributed by atoms with Crippen molar-refractivity contribution in [3.05, 3.63) is 0 Å². The molecule has 0 aromatic rings. The van der Waals surface area contributed by atoms with Crippen molar-refractivity contribution in [2.45, 2.75) is 36.2 Å². The fourth-order valence-electron chi connectivity index (χ4n) is 1.87. The molecule has 0 aromatic heterocycles. The Morgan fingerprint density at radius 3 is 2.60 bits per heavy atom. The topological polar surface area (TPSA) is 86.6 Å². The van der Waals surface area contributed by atoms with Crippen LogP contribution >= 0.6 is 11.8 Å². The second-order valence-corrected chi connectivity index (χ2v) is 6.75. The van der Waals surface area contributed by atoms with Crippen molar-refractivity contribution >= 4 is 21.6 Å². The highest BCUT2D eigenvalue weighted by molar-refractivity contribution is 7.91. The summed E-state index contributed by atoms with van der Waals surface area (Å²) in [6.45, 7) is 0.0478. The predicted octanol–water partition coefficient (Wildman–Crippen LogP) is -0.581. The molecule has 3 N–H and O–H groups in total. The molecular formula is C8H16ClNO4S. The molecule has 0 radical (unpaired) electrons. The molecule has 1 fully saturated rings. The minimum Gasteiger partial charge on any atom is -0.390 e. The highest BCUT2D eigenvalue weighted by Crippen LogP contribution is 2.31. The molecule has 0 aliphatic heterocycles. The molecule has 90 valence electrons. The number of aliphatic hydroxyl groups excluding tert-OH is 1. The molecule has 1 aliphatic carbocycles. The van der Waals surface area contributed by atoms with Crippen molar-refractivity contribution < 1.29 is 18.6 Å². The number of hydrogen-bond acceptors (Lipinski definition) is 5. The van der Waals surface area contributed by atoms with E-state index in [4.69, 9.17) is 11.8 Å². The van der Waals surface area contributed by atoms with Crippen molar-refractivity contribution in [1.82, 2.24) is 4.84 Å². The molecule has 1 rings (SSSR count). The lowest BCUT2D eigenvalue weighted by Gasteiger charge is -2.39. The van der Waals surface area contributed by atoms with E-state index in [2.05, 4.69) is 4.84 Å². The molecule has 7 heteroatoms. The first-order valence-corrected chi connectivity index (χ1v) is 7.05. The molecule has 15 heavy (non-hydrogen) atoms. The monoisotopic (exact) mass is 257 g/mol. The maximum atomic E-state index is 11.3. The molecule has 0 amide bonds. The van der Waals surface area contributed by atoms with Crippen LogP contribution in [0.25, 0.3) is 0 Å². The highest BCUT2D eigenvalue weighted by atomic mass is 35.5. The summed E-state index contributed by atoms with van der Waals surface area (Å²) >= 11 is 5.28. The Bertz CT molecular complexity index is 321. The van der Waals surface area contributed by atoms with Gasteiger partial charge in [-0.1, -0.05) is 0 Å². The standard InChI is InChI=1S/C8H16ClNO4S/c1-15(13,14)6-2-3-8(12,5-10-9)7(11)4-6/h6-7,10-12H,2-5H2,1H3/t6-,7-,8-/m0/s1. The summed E-state index contributed by atoms with van der Waals surface area (Å²) in [4.78, 5) is 2.27. The van der Waals surface area contributed by atoms with Gasteiger partial charge in [-0.3, -0.25) is 0 Å². The largest absolute Gasteiger partial charge is 0.390 e. The molecule has 3 atom stereocenters. The second kappa shape index (κ2) is 4.55. The predicted molar refractivity (Wildman–Crippen MR) is 57.3 cm³/mol. The van der Waals surface area contributed by atoms with Crippen LogP contribution in [0.1, 0.15) is 19.3 Å². The molecule has 1 aliphatic rings. The Morgan fingerprint density at radius 2 is 2.20 bits per heavy atom. The molecule has 0 saturated heterocycles. The zero-order valence-electron chi connectivity index (χ0n) is 8.48. The van der Waals surface area contributed by atoms with E-state index >= 15 is 0 Å². The maximum absolute atomic E-state index is 11.3. The summed E-state index contributed by atoms with van der Waals surface area (Å²) in [5, 5.41) is 19.0. The van der Waals surface area contributed by atoms with Gasteiger partial charge in [0, 0.05) is 12.8 Å². The van der Waals surface area contributed by atoms with Gasteiger partial charge in [0.2, 0.25) is 0 Å². The molecule has 0 bridgehead atoms. The molecule has 5 nitrogen and oxygen atoms in total. The van der Waals surface area contributed by atoms with Crippen molar-refractivity contribution in [3.8, 4) is 0 Å². The van der Waals surface area contributed by atoms with E-state index in [-0.39, 0.29) is 19.4 Å². The highest BCUT2D eigenvalue weighted by Gasteiger charge is 2.43. The number of hydrogen-bond donors (Lipinski definition) is 3. The van der Waals surface area contributed by atoms with E-state index in [0.717, 1.165) is 6.26 Å². The van der Waals surface area contributed by atoms with Gasteiger partial charge in [0.15, 0.2) is 0 Å². The molecule has 1 saturated carbocycles. The third kappa shape index (κ3) is 3.04. The van der Waals surface area contributed by atoms with E-state index in [9.17, 15) is 18.6 Å². The number of rotatable bonds is 3. The van der Waals surface area contributed by atoms with Crippen molar-refractivity contribution in [3.63, 3.8) is 0 Å². The Labute approximate surface area is 94.5 Å². The molecule has 0 unspecified atom stereocenters. The van der Waals surface area contributed by atoms with Gasteiger partial charge in [-0.05, 0) is 31.0 Å². The molecular weight excluding hydrogens is 242 g/mol. The third-order valence-corrected chi connectivity index (χ3v) is 4.76. The van der Waals surface area contributed by atoms with Crippen molar-refractivity contribution in [2.75, 3.05) is 12.8 Å². The van der Waals surface area contributed by atoms with Gasteiger partial charge < -0.3 is 10.2 Å². The van der Waals surface area contributed by atoms with E-state index < -0.39 is 26.8 Å². The van der Waals surface area contributed by atoms with Crippen molar-refractivity contribution in [1.29, 1.82) is 0 Å². The minimum absolute atomic E-state index is 0.0478. The van der Waals surface area contributed by atoms with Gasteiger partial charge in [-0.25, -0.2) is 13.3 Å². The van der Waals surface area contributed by atoms with E-state index in [1.54, 1.807) is 0 Å². The van der Waals surface area contributed by atoms with E-state index in [1.165, 1.54) is 0 Å². The summed E-state index contributed by atoms with van der Waals surface area (Å²) in [5.41, 5.74) is -1.32. The fourth-order valence-corrected chi connectivity index (χ4v) is 3.18. The summed E-state index contributed by atoms with van der Waals surface area (Å²) in [6, 6.07) is 0. The Balaban J connectivity index is 2.71. The maximum Gasteiger partial charge on any atom is 0.150 e. The van der Waals surface area contributed by atoms with Crippen LogP contribution in [0.3, 0.4) is 0 Å². The van der Waals surface area contributed by atoms with E-state index in [0.29, 0.717) is 6.42 Å². The first-order chi connectivity index (χ1) is 6.79. The first kappa shape index (κ1) is 13.2. The fraction of sp³-hybridized carbons (Fsp3) is 1.00. The Morgan fingerprint density at radius 1 is 1.60 bits per heavy atom. The lowest BCUT2D eigenvalue weighted by Crippen LogP contribution is -2.54. The summed E-state index contributed by atoms with van der Waals surface area (Å²) in [6.07, 6.45) is 0.733. The number of aliphatic hydroxyl groups is 2. The van der Waals surface area contributed by atoms with Crippen LogP contribution in [0, 0.1) is 0 Å². The Hall–Kier alpha value is 0.120. The van der Waals surface area contributed by atoms with Crippen LogP contribution in [-0.4, -0.2) is 48.4 Å². The quantitative estimate of drug-likeness (QED) is 0.589. The number of sulfone groups is 1. The summed E-state index contributed by atoms with van der Waals surface area (Å²) in [5.74, 6) is 0. The number of halogens is 1. The van der Waals surface area contributed by atoms with Crippen LogP contribution in [0.2, 0.25) is 0 Å². The summed E-state index contributed by atoms with van der Waals surface area (Å²) < 4.78 is 22.5. The van der Waals surface area contributed by atoms with Crippen LogP contribution in [0.5, 0.6) is 0 Å². The van der Waals surface area contributed by atoms with Gasteiger partial charge in [-0.2, -0.15) is 0 Å². The van der Waals surface area contributed by atoms with Gasteiger partial charge in [0.1, 0.15) is 15.4 Å². The van der Waals surface area contributed by atoms with E-state index in [1.807, 2.05) is 0 Å².